The minimum Gasteiger partial charge on any atom is -0.463 e. The highest BCUT2D eigenvalue weighted by molar-refractivity contribution is 5.87. The van der Waals surface area contributed by atoms with Gasteiger partial charge in [0.15, 0.2) is 12.2 Å². The van der Waals surface area contributed by atoms with Crippen molar-refractivity contribution >= 4 is 35.9 Å². The summed E-state index contributed by atoms with van der Waals surface area (Å²) in [6.45, 7) is 4.22. The Morgan fingerprint density at radius 3 is 2.06 bits per heavy atom. The van der Waals surface area contributed by atoms with Crippen LogP contribution in [0.3, 0.4) is 0 Å². The van der Waals surface area contributed by atoms with Gasteiger partial charge in [0, 0.05) is 33.8 Å². The van der Waals surface area contributed by atoms with E-state index in [1.807, 2.05) is 6.07 Å². The lowest BCUT2D eigenvalue weighted by atomic mass is 9.96. The molecule has 5 atom stereocenters. The molecule has 1 aromatic carbocycles. The van der Waals surface area contributed by atoms with Crippen molar-refractivity contribution in [3.8, 4) is 0 Å². The van der Waals surface area contributed by atoms with Crippen LogP contribution >= 0.6 is 0 Å². The Morgan fingerprint density at radius 1 is 0.882 bits per heavy atom. The summed E-state index contributed by atoms with van der Waals surface area (Å²) >= 11 is 0. The zero-order valence-corrected chi connectivity index (χ0v) is 19.2. The normalized spacial score (nSPS) is 24.1. The van der Waals surface area contributed by atoms with Gasteiger partial charge < -0.3 is 29.0 Å². The summed E-state index contributed by atoms with van der Waals surface area (Å²) in [6.07, 6.45) is -2.54. The Hall–Kier alpha value is -3.73. The van der Waals surface area contributed by atoms with Crippen LogP contribution in [0.5, 0.6) is 0 Å². The second-order valence-corrected chi connectivity index (χ2v) is 7.40. The lowest BCUT2D eigenvalue weighted by Crippen LogP contribution is -2.66. The third-order valence-electron chi connectivity index (χ3n) is 4.51. The molecule has 0 aromatic heterocycles. The zero-order chi connectivity index (χ0) is 25.3. The summed E-state index contributed by atoms with van der Waals surface area (Å²) in [6, 6.07) is 7.73. The number of nitrogens with one attached hydrogen (secondary N) is 1. The van der Waals surface area contributed by atoms with Gasteiger partial charge in [-0.25, -0.2) is 4.79 Å². The van der Waals surface area contributed by atoms with Crippen LogP contribution in [0.4, 0.5) is 0 Å². The number of carbonyl (C=O) groups excluding carboxylic acids is 5. The molecule has 1 aliphatic heterocycles. The second-order valence-electron chi connectivity index (χ2n) is 7.40. The van der Waals surface area contributed by atoms with Gasteiger partial charge in [0.05, 0.1) is 0 Å². The van der Waals surface area contributed by atoms with Gasteiger partial charge in [0.25, 0.3) is 0 Å². The van der Waals surface area contributed by atoms with Crippen molar-refractivity contribution in [3.63, 3.8) is 0 Å². The van der Waals surface area contributed by atoms with E-state index in [0.29, 0.717) is 0 Å². The van der Waals surface area contributed by atoms with E-state index in [-0.39, 0.29) is 0 Å². The Kier molecular flexibility index (Phi) is 9.75. The number of ether oxygens (including phenoxy) is 5. The Labute approximate surface area is 196 Å². The van der Waals surface area contributed by atoms with E-state index in [1.54, 1.807) is 24.3 Å². The average Bonchev–Trinajstić information content (AvgIpc) is 2.75. The van der Waals surface area contributed by atoms with E-state index in [4.69, 9.17) is 23.7 Å². The largest absolute Gasteiger partial charge is 0.463 e. The van der Waals surface area contributed by atoms with Gasteiger partial charge in [-0.1, -0.05) is 30.3 Å². The van der Waals surface area contributed by atoms with Crippen LogP contribution in [0.2, 0.25) is 0 Å². The number of benzene rings is 1. The molecular weight excluding hydrogens is 450 g/mol. The molecule has 11 nitrogen and oxygen atoms in total. The molecule has 0 spiro atoms. The Balaban J connectivity index is 2.35. The van der Waals surface area contributed by atoms with Crippen LogP contribution in [0.1, 0.15) is 33.3 Å². The first kappa shape index (κ1) is 26.5. The molecule has 184 valence electrons. The molecule has 1 fully saturated rings. The molecular formula is C23H27NO10. The standard InChI is InChI=1S/C23H27NO10/c1-13(25)24-20-22(32-16(4)28)21(31-15(3)27)18(12-30-14(2)26)33-23(20)34-19(29)11-10-17-8-6-5-7-9-17/h5-11,18,20-23H,12H2,1-4H3,(H,24,25)/b11-10+/t18-,20+,21+,22+,23+/m0/s1. The van der Waals surface area contributed by atoms with E-state index < -0.39 is 67.0 Å². The van der Waals surface area contributed by atoms with E-state index in [9.17, 15) is 24.0 Å². The summed E-state index contributed by atoms with van der Waals surface area (Å²) < 4.78 is 26.8. The molecule has 0 unspecified atom stereocenters. The number of amides is 1. The quantitative estimate of drug-likeness (QED) is 0.326. The highest BCUT2D eigenvalue weighted by Gasteiger charge is 2.52. The number of rotatable bonds is 8. The topological polar surface area (TPSA) is 144 Å². The molecule has 0 radical (unpaired) electrons. The second kappa shape index (κ2) is 12.5. The number of hydrogen-bond acceptors (Lipinski definition) is 10. The van der Waals surface area contributed by atoms with Gasteiger partial charge in [0.1, 0.15) is 18.8 Å². The molecule has 1 heterocycles. The smallest absolute Gasteiger partial charge is 0.333 e. The highest BCUT2D eigenvalue weighted by atomic mass is 16.7. The molecule has 2 rings (SSSR count). The molecule has 1 amide bonds. The molecule has 11 heteroatoms. The van der Waals surface area contributed by atoms with Gasteiger partial charge in [-0.05, 0) is 11.6 Å². The fourth-order valence-electron chi connectivity index (χ4n) is 3.27. The van der Waals surface area contributed by atoms with Gasteiger partial charge in [-0.3, -0.25) is 19.2 Å². The van der Waals surface area contributed by atoms with Crippen LogP contribution in [-0.2, 0) is 47.7 Å². The van der Waals surface area contributed by atoms with Crippen molar-refractivity contribution in [2.75, 3.05) is 6.61 Å². The molecule has 1 N–H and O–H groups in total. The third kappa shape index (κ3) is 8.32. The minimum atomic E-state index is -1.46. The summed E-state index contributed by atoms with van der Waals surface area (Å²) in [5.41, 5.74) is 0.739. The van der Waals surface area contributed by atoms with Gasteiger partial charge in [0.2, 0.25) is 12.2 Å². The van der Waals surface area contributed by atoms with Crippen LogP contribution in [0.15, 0.2) is 36.4 Å². The van der Waals surface area contributed by atoms with Gasteiger partial charge in [-0.15, -0.1) is 0 Å². The lowest BCUT2D eigenvalue weighted by Gasteiger charge is -2.44. The van der Waals surface area contributed by atoms with E-state index in [0.717, 1.165) is 25.5 Å². The Morgan fingerprint density at radius 2 is 1.50 bits per heavy atom. The van der Waals surface area contributed by atoms with Crippen LogP contribution < -0.4 is 5.32 Å². The molecule has 1 aromatic rings. The number of carbonyl (C=O) groups is 5. The fourth-order valence-corrected chi connectivity index (χ4v) is 3.27. The summed E-state index contributed by atoms with van der Waals surface area (Å²) in [5.74, 6) is -3.49. The minimum absolute atomic E-state index is 0.397. The number of esters is 4. The van der Waals surface area contributed by atoms with Crippen LogP contribution in [0.25, 0.3) is 6.08 Å². The van der Waals surface area contributed by atoms with Crippen molar-refractivity contribution in [3.05, 3.63) is 42.0 Å². The first-order valence-corrected chi connectivity index (χ1v) is 10.4. The van der Waals surface area contributed by atoms with E-state index in [2.05, 4.69) is 5.32 Å². The molecule has 0 bridgehead atoms. The third-order valence-corrected chi connectivity index (χ3v) is 4.51. The van der Waals surface area contributed by atoms with Crippen molar-refractivity contribution in [1.29, 1.82) is 0 Å². The predicted molar refractivity (Wildman–Crippen MR) is 116 cm³/mol. The fraction of sp³-hybridized carbons (Fsp3) is 0.435. The van der Waals surface area contributed by atoms with E-state index in [1.165, 1.54) is 19.9 Å². The SMILES string of the molecule is CC(=O)N[C@H]1[C@@H](OC(=O)/C=C/c2ccccc2)O[C@@H](COC(C)=O)[C@@H](OC(C)=O)[C@@H]1OC(C)=O. The molecule has 1 saturated heterocycles. The summed E-state index contributed by atoms with van der Waals surface area (Å²) in [4.78, 5) is 59.3. The molecule has 1 aliphatic rings. The van der Waals surface area contributed by atoms with Gasteiger partial charge >= 0.3 is 23.9 Å². The van der Waals surface area contributed by atoms with Gasteiger partial charge in [-0.2, -0.15) is 0 Å². The summed E-state index contributed by atoms with van der Waals surface area (Å²) in [5, 5.41) is 2.51. The molecule has 34 heavy (non-hydrogen) atoms. The van der Waals surface area contributed by atoms with Crippen molar-refractivity contribution in [2.45, 2.75) is 58.3 Å². The van der Waals surface area contributed by atoms with Crippen LogP contribution in [-0.4, -0.2) is 67.0 Å². The maximum atomic E-state index is 12.5. The summed E-state index contributed by atoms with van der Waals surface area (Å²) in [7, 11) is 0. The van der Waals surface area contributed by atoms with Crippen molar-refractivity contribution in [2.24, 2.45) is 0 Å². The highest BCUT2D eigenvalue weighted by Crippen LogP contribution is 2.28. The number of hydrogen-bond donors (Lipinski definition) is 1. The Bertz CT molecular complexity index is 929. The van der Waals surface area contributed by atoms with E-state index >= 15 is 0 Å². The van der Waals surface area contributed by atoms with Crippen molar-refractivity contribution < 1.29 is 47.7 Å². The van der Waals surface area contributed by atoms with Crippen molar-refractivity contribution in [1.82, 2.24) is 5.32 Å². The average molecular weight is 477 g/mol. The molecule has 0 saturated carbocycles. The monoisotopic (exact) mass is 477 g/mol. The maximum absolute atomic E-state index is 12.5. The first-order chi connectivity index (χ1) is 16.1. The first-order valence-electron chi connectivity index (χ1n) is 10.4. The predicted octanol–water partition coefficient (Wildman–Crippen LogP) is 0.899. The molecule has 0 aliphatic carbocycles. The zero-order valence-electron chi connectivity index (χ0n) is 19.2. The maximum Gasteiger partial charge on any atom is 0.333 e. The lowest BCUT2D eigenvalue weighted by molar-refractivity contribution is -0.270. The van der Waals surface area contributed by atoms with Crippen LogP contribution in [0, 0.1) is 0 Å².